The molecular formula is C13H29N3O. The molecule has 17 heavy (non-hydrogen) atoms. The van der Waals surface area contributed by atoms with E-state index in [0.29, 0.717) is 18.3 Å². The molecule has 0 aromatic heterocycles. The number of unbranched alkanes of at least 4 members (excludes halogenated alkanes) is 1. The van der Waals surface area contributed by atoms with Gasteiger partial charge in [-0.1, -0.05) is 38.3 Å². The van der Waals surface area contributed by atoms with Crippen molar-refractivity contribution in [1.82, 2.24) is 4.90 Å². The van der Waals surface area contributed by atoms with Crippen LogP contribution < -0.4 is 5.73 Å². The van der Waals surface area contributed by atoms with Crippen molar-refractivity contribution >= 4 is 5.84 Å². The van der Waals surface area contributed by atoms with Gasteiger partial charge in [0.2, 0.25) is 0 Å². The second-order valence-electron chi connectivity index (χ2n) is 5.00. The van der Waals surface area contributed by atoms with Gasteiger partial charge in [0, 0.05) is 19.0 Å². The predicted octanol–water partition coefficient (Wildman–Crippen LogP) is 2.66. The van der Waals surface area contributed by atoms with E-state index in [2.05, 4.69) is 37.9 Å². The molecule has 4 heteroatoms. The zero-order chi connectivity index (χ0) is 13.3. The van der Waals surface area contributed by atoms with Gasteiger partial charge in [-0.3, -0.25) is 0 Å². The lowest BCUT2D eigenvalue weighted by Crippen LogP contribution is -2.36. The molecule has 0 saturated carbocycles. The molecule has 0 bridgehead atoms. The lowest BCUT2D eigenvalue weighted by molar-refractivity contribution is 0.209. The highest BCUT2D eigenvalue weighted by molar-refractivity contribution is 5.80. The highest BCUT2D eigenvalue weighted by Gasteiger charge is 2.15. The van der Waals surface area contributed by atoms with Crippen LogP contribution in [-0.2, 0) is 0 Å². The smallest absolute Gasteiger partial charge is 0.140 e. The van der Waals surface area contributed by atoms with E-state index in [0.717, 1.165) is 12.5 Å². The second-order valence-corrected chi connectivity index (χ2v) is 5.00. The number of hydrogen-bond donors (Lipinski definition) is 2. The minimum Gasteiger partial charge on any atom is -0.409 e. The molecule has 2 atom stereocenters. The van der Waals surface area contributed by atoms with Gasteiger partial charge in [0.05, 0.1) is 0 Å². The van der Waals surface area contributed by atoms with Gasteiger partial charge in [0.25, 0.3) is 0 Å². The van der Waals surface area contributed by atoms with E-state index in [9.17, 15) is 0 Å². The molecule has 0 saturated heterocycles. The fourth-order valence-electron chi connectivity index (χ4n) is 2.00. The molecule has 0 aliphatic heterocycles. The zero-order valence-corrected chi connectivity index (χ0v) is 11.8. The summed E-state index contributed by atoms with van der Waals surface area (Å²) in [7, 11) is 2.12. The van der Waals surface area contributed by atoms with Crippen LogP contribution in [0.5, 0.6) is 0 Å². The maximum absolute atomic E-state index is 8.55. The van der Waals surface area contributed by atoms with Gasteiger partial charge >= 0.3 is 0 Å². The van der Waals surface area contributed by atoms with Crippen molar-refractivity contribution in [3.63, 3.8) is 0 Å². The van der Waals surface area contributed by atoms with Crippen molar-refractivity contribution in [2.24, 2.45) is 16.8 Å². The monoisotopic (exact) mass is 243 g/mol. The molecule has 0 rings (SSSR count). The summed E-state index contributed by atoms with van der Waals surface area (Å²) < 4.78 is 0. The summed E-state index contributed by atoms with van der Waals surface area (Å²) >= 11 is 0. The Kier molecular flexibility index (Phi) is 8.86. The lowest BCUT2D eigenvalue weighted by atomic mass is 9.98. The van der Waals surface area contributed by atoms with Crippen molar-refractivity contribution in [1.29, 1.82) is 0 Å². The third-order valence-electron chi connectivity index (χ3n) is 3.47. The molecule has 0 heterocycles. The highest BCUT2D eigenvalue weighted by atomic mass is 16.4. The van der Waals surface area contributed by atoms with Crippen LogP contribution >= 0.6 is 0 Å². The maximum Gasteiger partial charge on any atom is 0.140 e. The fourth-order valence-corrected chi connectivity index (χ4v) is 2.00. The van der Waals surface area contributed by atoms with Crippen LogP contribution in [0.3, 0.4) is 0 Å². The molecular weight excluding hydrogens is 214 g/mol. The van der Waals surface area contributed by atoms with Gasteiger partial charge in [-0.15, -0.1) is 0 Å². The van der Waals surface area contributed by atoms with Gasteiger partial charge in [0.15, 0.2) is 0 Å². The predicted molar refractivity (Wildman–Crippen MR) is 73.4 cm³/mol. The molecule has 0 aromatic rings. The van der Waals surface area contributed by atoms with Crippen molar-refractivity contribution in [3.05, 3.63) is 0 Å². The Hall–Kier alpha value is -0.770. The van der Waals surface area contributed by atoms with Gasteiger partial charge < -0.3 is 15.8 Å². The summed E-state index contributed by atoms with van der Waals surface area (Å²) in [6.07, 6.45) is 5.71. The van der Waals surface area contributed by atoms with Crippen molar-refractivity contribution < 1.29 is 5.21 Å². The first kappa shape index (κ1) is 16.2. The highest BCUT2D eigenvalue weighted by Crippen LogP contribution is 2.15. The maximum atomic E-state index is 8.55. The van der Waals surface area contributed by atoms with E-state index in [1.165, 1.54) is 25.7 Å². The molecule has 0 radical (unpaired) electrons. The van der Waals surface area contributed by atoms with Crippen LogP contribution in [0.15, 0.2) is 5.16 Å². The number of rotatable bonds is 9. The first-order valence-electron chi connectivity index (χ1n) is 6.71. The number of oxime groups is 1. The Balaban J connectivity index is 4.06. The van der Waals surface area contributed by atoms with Crippen LogP contribution in [0.1, 0.15) is 52.9 Å². The average Bonchev–Trinajstić information content (AvgIpc) is 2.33. The SMILES string of the molecule is CCCCC(CC)CN(C)C(C)CC(N)=NO. The van der Waals surface area contributed by atoms with Gasteiger partial charge in [-0.05, 0) is 26.3 Å². The van der Waals surface area contributed by atoms with Crippen LogP contribution in [-0.4, -0.2) is 35.6 Å². The Morgan fingerprint density at radius 1 is 1.41 bits per heavy atom. The third kappa shape index (κ3) is 7.21. The molecule has 0 amide bonds. The Bertz CT molecular complexity index is 219. The largest absolute Gasteiger partial charge is 0.409 e. The van der Waals surface area contributed by atoms with Crippen LogP contribution in [0.25, 0.3) is 0 Å². The summed E-state index contributed by atoms with van der Waals surface area (Å²) in [5.74, 6) is 1.07. The standard InChI is InChI=1S/C13H29N3O/c1-5-7-8-12(6-2)10-16(4)11(3)9-13(14)15-17/h11-12,17H,5-10H2,1-4H3,(H2,14,15). The molecule has 4 nitrogen and oxygen atoms in total. The van der Waals surface area contributed by atoms with Crippen molar-refractivity contribution in [2.45, 2.75) is 58.9 Å². The van der Waals surface area contributed by atoms with E-state index in [1.54, 1.807) is 0 Å². The molecule has 0 aliphatic rings. The quantitative estimate of drug-likeness (QED) is 0.283. The summed E-state index contributed by atoms with van der Waals surface area (Å²) in [5, 5.41) is 11.6. The lowest BCUT2D eigenvalue weighted by Gasteiger charge is -2.28. The van der Waals surface area contributed by atoms with Crippen LogP contribution in [0.4, 0.5) is 0 Å². The minimum absolute atomic E-state index is 0.311. The van der Waals surface area contributed by atoms with Crippen LogP contribution in [0, 0.1) is 5.92 Å². The van der Waals surface area contributed by atoms with Crippen molar-refractivity contribution in [3.8, 4) is 0 Å². The molecule has 3 N–H and O–H groups in total. The first-order chi connectivity index (χ1) is 8.04. The third-order valence-corrected chi connectivity index (χ3v) is 3.47. The molecule has 0 aliphatic carbocycles. The fraction of sp³-hybridized carbons (Fsp3) is 0.923. The molecule has 0 spiro atoms. The summed E-state index contributed by atoms with van der Waals surface area (Å²) in [4.78, 5) is 2.31. The molecule has 102 valence electrons. The number of nitrogens with zero attached hydrogens (tertiary/aromatic N) is 2. The van der Waals surface area contributed by atoms with E-state index in [1.807, 2.05) is 0 Å². The Morgan fingerprint density at radius 2 is 2.06 bits per heavy atom. The Labute approximate surface area is 106 Å². The Morgan fingerprint density at radius 3 is 2.53 bits per heavy atom. The number of amidine groups is 1. The molecule has 0 fully saturated rings. The van der Waals surface area contributed by atoms with Crippen molar-refractivity contribution in [2.75, 3.05) is 13.6 Å². The minimum atomic E-state index is 0.311. The summed E-state index contributed by atoms with van der Waals surface area (Å²) in [6.45, 7) is 7.70. The average molecular weight is 243 g/mol. The van der Waals surface area contributed by atoms with E-state index < -0.39 is 0 Å². The van der Waals surface area contributed by atoms with Gasteiger partial charge in [-0.25, -0.2) is 0 Å². The summed E-state index contributed by atoms with van der Waals surface area (Å²) in [5.41, 5.74) is 5.53. The topological polar surface area (TPSA) is 61.8 Å². The van der Waals surface area contributed by atoms with Crippen LogP contribution in [0.2, 0.25) is 0 Å². The zero-order valence-electron chi connectivity index (χ0n) is 11.8. The van der Waals surface area contributed by atoms with E-state index in [4.69, 9.17) is 10.9 Å². The van der Waals surface area contributed by atoms with E-state index in [-0.39, 0.29) is 0 Å². The van der Waals surface area contributed by atoms with Gasteiger partial charge in [0.1, 0.15) is 5.84 Å². The number of hydrogen-bond acceptors (Lipinski definition) is 3. The van der Waals surface area contributed by atoms with Gasteiger partial charge in [-0.2, -0.15) is 0 Å². The molecule has 0 aromatic carbocycles. The normalized spacial score (nSPS) is 16.2. The summed E-state index contributed by atoms with van der Waals surface area (Å²) in [6, 6.07) is 0.321. The second kappa shape index (κ2) is 9.28. The van der Waals surface area contributed by atoms with E-state index >= 15 is 0 Å². The molecule has 2 unspecified atom stereocenters. The number of nitrogens with two attached hydrogens (primary N) is 1. The first-order valence-corrected chi connectivity index (χ1v) is 6.71.